The summed E-state index contributed by atoms with van der Waals surface area (Å²) in [4.78, 5) is 3.25. The maximum absolute atomic E-state index is 9.14. The molecule has 0 spiro atoms. The second-order valence-electron chi connectivity index (χ2n) is 7.33. The summed E-state index contributed by atoms with van der Waals surface area (Å²) in [5.74, 6) is 2.26. The first-order chi connectivity index (χ1) is 9.68. The van der Waals surface area contributed by atoms with Gasteiger partial charge in [-0.1, -0.05) is 42.4 Å². The maximum atomic E-state index is 9.14. The minimum atomic E-state index is -0.240. The Morgan fingerprint density at radius 2 is 1.75 bits per heavy atom. The summed E-state index contributed by atoms with van der Waals surface area (Å²) in [6.07, 6.45) is 6.34. The van der Waals surface area contributed by atoms with Crippen molar-refractivity contribution in [2.75, 3.05) is 0 Å². The van der Waals surface area contributed by atoms with Crippen LogP contribution in [-0.2, 0) is 5.41 Å². The maximum Gasteiger partial charge on any atom is 0.0585 e. The smallest absolute Gasteiger partial charge is 0.0585 e. The van der Waals surface area contributed by atoms with E-state index in [2.05, 4.69) is 47.3 Å². The summed E-state index contributed by atoms with van der Waals surface area (Å²) < 4.78 is 0. The molecule has 1 aromatic rings. The van der Waals surface area contributed by atoms with Crippen molar-refractivity contribution in [2.45, 2.75) is 50.0 Å². The van der Waals surface area contributed by atoms with Crippen molar-refractivity contribution in [3.05, 3.63) is 46.3 Å². The number of rotatable bonds is 2. The van der Waals surface area contributed by atoms with Gasteiger partial charge >= 0.3 is 0 Å². The Kier molecular flexibility index (Phi) is 2.47. The molecule has 20 heavy (non-hydrogen) atoms. The SMILES string of the molecule is CC1(N=[N+]=[N-])C2CC3CC(C2)CC1(c1ccccc1)C3. The van der Waals surface area contributed by atoms with E-state index in [1.807, 2.05) is 0 Å². The fourth-order valence-electron chi connectivity index (χ4n) is 5.79. The Bertz CT molecular complexity index is 561. The van der Waals surface area contributed by atoms with Crippen LogP contribution in [0.3, 0.4) is 0 Å². The van der Waals surface area contributed by atoms with Crippen LogP contribution in [0.4, 0.5) is 0 Å². The highest BCUT2D eigenvalue weighted by molar-refractivity contribution is 5.36. The fraction of sp³-hybridized carbons (Fsp3) is 0.647. The molecule has 5 rings (SSSR count). The quantitative estimate of drug-likeness (QED) is 0.418. The van der Waals surface area contributed by atoms with E-state index in [1.54, 1.807) is 0 Å². The summed E-state index contributed by atoms with van der Waals surface area (Å²) in [5, 5.41) is 4.38. The largest absolute Gasteiger partial charge is 0.0863 e. The van der Waals surface area contributed by atoms with Crippen molar-refractivity contribution < 1.29 is 0 Å². The summed E-state index contributed by atoms with van der Waals surface area (Å²) in [5.41, 5.74) is 10.4. The molecule has 1 aromatic carbocycles. The van der Waals surface area contributed by atoms with E-state index in [0.29, 0.717) is 5.92 Å². The average Bonchev–Trinajstić information content (AvgIpc) is 2.45. The molecule has 4 fully saturated rings. The van der Waals surface area contributed by atoms with Gasteiger partial charge in [0, 0.05) is 10.3 Å². The lowest BCUT2D eigenvalue weighted by Crippen LogP contribution is -2.64. The van der Waals surface area contributed by atoms with Gasteiger partial charge in [-0.15, -0.1) is 0 Å². The van der Waals surface area contributed by atoms with E-state index in [0.717, 1.165) is 11.8 Å². The first-order valence-electron chi connectivity index (χ1n) is 7.80. The third-order valence-corrected chi connectivity index (χ3v) is 6.52. The van der Waals surface area contributed by atoms with Crippen molar-refractivity contribution in [3.63, 3.8) is 0 Å². The van der Waals surface area contributed by atoms with E-state index in [-0.39, 0.29) is 11.0 Å². The number of nitrogens with zero attached hydrogens (tertiary/aromatic N) is 3. The zero-order chi connectivity index (χ0) is 13.8. The molecule has 3 heteroatoms. The van der Waals surface area contributed by atoms with Gasteiger partial charge in [-0.3, -0.25) is 0 Å². The van der Waals surface area contributed by atoms with Gasteiger partial charge in [0.15, 0.2) is 0 Å². The predicted molar refractivity (Wildman–Crippen MR) is 79.2 cm³/mol. The highest BCUT2D eigenvalue weighted by atomic mass is 15.2. The zero-order valence-corrected chi connectivity index (χ0v) is 12.0. The zero-order valence-electron chi connectivity index (χ0n) is 12.0. The van der Waals surface area contributed by atoms with Crippen LogP contribution in [0.15, 0.2) is 35.4 Å². The Hall–Kier alpha value is -1.47. The molecule has 0 N–H and O–H groups in total. The molecule has 4 saturated carbocycles. The van der Waals surface area contributed by atoms with Crippen LogP contribution in [-0.4, -0.2) is 5.54 Å². The minimum Gasteiger partial charge on any atom is -0.0863 e. The lowest BCUT2D eigenvalue weighted by molar-refractivity contribution is -0.0710. The minimum absolute atomic E-state index is 0.0786. The van der Waals surface area contributed by atoms with Gasteiger partial charge in [0.05, 0.1) is 5.54 Å². The fourth-order valence-corrected chi connectivity index (χ4v) is 5.79. The van der Waals surface area contributed by atoms with Crippen LogP contribution in [0.2, 0.25) is 0 Å². The summed E-state index contributed by atoms with van der Waals surface area (Å²) in [6.45, 7) is 2.22. The number of benzene rings is 1. The van der Waals surface area contributed by atoms with E-state index in [1.165, 1.54) is 37.7 Å². The van der Waals surface area contributed by atoms with Gasteiger partial charge in [-0.2, -0.15) is 0 Å². The second-order valence-corrected chi connectivity index (χ2v) is 7.33. The average molecular weight is 267 g/mol. The molecule has 0 radical (unpaired) electrons. The van der Waals surface area contributed by atoms with Gasteiger partial charge < -0.3 is 0 Å². The Morgan fingerprint density at radius 1 is 1.10 bits per heavy atom. The van der Waals surface area contributed by atoms with E-state index >= 15 is 0 Å². The molecule has 3 unspecified atom stereocenters. The van der Waals surface area contributed by atoms with Crippen molar-refractivity contribution in [1.82, 2.24) is 0 Å². The summed E-state index contributed by atoms with van der Waals surface area (Å²) in [6, 6.07) is 10.8. The topological polar surface area (TPSA) is 48.8 Å². The van der Waals surface area contributed by atoms with Crippen molar-refractivity contribution in [3.8, 4) is 0 Å². The molecular weight excluding hydrogens is 246 g/mol. The molecule has 0 amide bonds. The molecule has 3 nitrogen and oxygen atoms in total. The summed E-state index contributed by atoms with van der Waals surface area (Å²) in [7, 11) is 0. The van der Waals surface area contributed by atoms with Gasteiger partial charge in [0.1, 0.15) is 0 Å². The molecule has 0 aromatic heterocycles. The second kappa shape index (κ2) is 4.02. The van der Waals surface area contributed by atoms with Gasteiger partial charge in [0.25, 0.3) is 0 Å². The third kappa shape index (κ3) is 1.39. The van der Waals surface area contributed by atoms with Crippen LogP contribution < -0.4 is 0 Å². The number of azide groups is 1. The molecule has 4 aliphatic carbocycles. The first-order valence-corrected chi connectivity index (χ1v) is 7.80. The van der Waals surface area contributed by atoms with Crippen molar-refractivity contribution >= 4 is 0 Å². The molecular formula is C17H21N3. The standard InChI is InChI=1S/C17H21N3/c1-16(19-20-18)15-8-12-7-13(9-15)11-17(16,10-12)14-5-3-2-4-6-14/h2-6,12-13,15H,7-11H2,1H3. The van der Waals surface area contributed by atoms with E-state index in [9.17, 15) is 0 Å². The predicted octanol–water partition coefficient (Wildman–Crippen LogP) is 4.83. The molecule has 3 atom stereocenters. The normalized spacial score (nSPS) is 45.1. The number of hydrogen-bond donors (Lipinski definition) is 0. The van der Waals surface area contributed by atoms with Crippen LogP contribution in [0.25, 0.3) is 10.4 Å². The summed E-state index contributed by atoms with van der Waals surface area (Å²) >= 11 is 0. The molecule has 104 valence electrons. The van der Waals surface area contributed by atoms with Gasteiger partial charge in [-0.05, 0) is 61.0 Å². The van der Waals surface area contributed by atoms with Gasteiger partial charge in [-0.25, -0.2) is 0 Å². The van der Waals surface area contributed by atoms with Gasteiger partial charge in [0.2, 0.25) is 0 Å². The van der Waals surface area contributed by atoms with Crippen LogP contribution >= 0.6 is 0 Å². The molecule has 4 aliphatic rings. The highest BCUT2D eigenvalue weighted by Gasteiger charge is 2.63. The lowest BCUT2D eigenvalue weighted by Gasteiger charge is -2.65. The third-order valence-electron chi connectivity index (χ3n) is 6.52. The van der Waals surface area contributed by atoms with Crippen LogP contribution in [0.1, 0.15) is 44.6 Å². The first kappa shape index (κ1) is 12.3. The van der Waals surface area contributed by atoms with Crippen LogP contribution in [0, 0.1) is 17.8 Å². The van der Waals surface area contributed by atoms with E-state index < -0.39 is 0 Å². The monoisotopic (exact) mass is 267 g/mol. The molecule has 4 bridgehead atoms. The Balaban J connectivity index is 1.92. The molecule has 0 aliphatic heterocycles. The Morgan fingerprint density at radius 3 is 2.35 bits per heavy atom. The highest BCUT2D eigenvalue weighted by Crippen LogP contribution is 2.66. The lowest BCUT2D eigenvalue weighted by atomic mass is 9.41. The van der Waals surface area contributed by atoms with E-state index in [4.69, 9.17) is 5.53 Å². The Labute approximate surface area is 120 Å². The molecule has 0 saturated heterocycles. The molecule has 0 heterocycles. The van der Waals surface area contributed by atoms with Crippen molar-refractivity contribution in [2.24, 2.45) is 22.9 Å². The van der Waals surface area contributed by atoms with Crippen molar-refractivity contribution in [1.29, 1.82) is 0 Å². The van der Waals surface area contributed by atoms with Crippen LogP contribution in [0.5, 0.6) is 0 Å². The number of hydrogen-bond acceptors (Lipinski definition) is 1.